The summed E-state index contributed by atoms with van der Waals surface area (Å²) in [6.45, 7) is 2.39. The number of halogens is 4. The fraction of sp³-hybridized carbons (Fsp3) is 0.462. The van der Waals surface area contributed by atoms with Crippen LogP contribution in [0, 0.1) is 11.3 Å². The molecule has 0 amide bonds. The van der Waals surface area contributed by atoms with Crippen molar-refractivity contribution in [2.45, 2.75) is 32.0 Å². The van der Waals surface area contributed by atoms with Crippen LogP contribution in [0.2, 0.25) is 5.02 Å². The van der Waals surface area contributed by atoms with E-state index in [9.17, 15) is 13.2 Å². The fourth-order valence-corrected chi connectivity index (χ4v) is 1.94. The molecule has 1 aromatic carbocycles. The predicted octanol–water partition coefficient (Wildman–Crippen LogP) is 3.79. The van der Waals surface area contributed by atoms with Crippen molar-refractivity contribution in [2.75, 3.05) is 6.54 Å². The third-order valence-corrected chi connectivity index (χ3v) is 2.94. The highest BCUT2D eigenvalue weighted by Crippen LogP contribution is 2.35. The summed E-state index contributed by atoms with van der Waals surface area (Å²) < 4.78 is 38.0. The minimum atomic E-state index is -4.44. The number of hydrogen-bond acceptors (Lipinski definition) is 2. The lowest BCUT2D eigenvalue weighted by molar-refractivity contribution is -0.137. The van der Waals surface area contributed by atoms with Crippen molar-refractivity contribution < 1.29 is 13.2 Å². The zero-order chi connectivity index (χ0) is 14.5. The van der Waals surface area contributed by atoms with Crippen molar-refractivity contribution >= 4 is 11.6 Å². The lowest BCUT2D eigenvalue weighted by Crippen LogP contribution is -2.28. The van der Waals surface area contributed by atoms with Crippen molar-refractivity contribution in [3.63, 3.8) is 0 Å². The minimum absolute atomic E-state index is 0.00407. The fourth-order valence-electron chi connectivity index (χ4n) is 1.72. The third-order valence-electron chi connectivity index (χ3n) is 2.61. The van der Waals surface area contributed by atoms with Crippen LogP contribution in [0.4, 0.5) is 13.2 Å². The van der Waals surface area contributed by atoms with E-state index in [1.165, 1.54) is 6.07 Å². The Balaban J connectivity index is 2.72. The molecular weight excluding hydrogens is 277 g/mol. The number of rotatable bonds is 5. The van der Waals surface area contributed by atoms with Gasteiger partial charge in [0.1, 0.15) is 0 Å². The van der Waals surface area contributed by atoms with Gasteiger partial charge in [0.2, 0.25) is 0 Å². The van der Waals surface area contributed by atoms with E-state index in [2.05, 4.69) is 5.32 Å². The van der Waals surface area contributed by atoms with Gasteiger partial charge >= 0.3 is 6.18 Å². The van der Waals surface area contributed by atoms with E-state index in [4.69, 9.17) is 16.9 Å². The van der Waals surface area contributed by atoms with Crippen molar-refractivity contribution in [3.05, 3.63) is 34.3 Å². The van der Waals surface area contributed by atoms with Crippen molar-refractivity contribution in [3.8, 4) is 6.07 Å². The Morgan fingerprint density at radius 2 is 2.11 bits per heavy atom. The topological polar surface area (TPSA) is 35.8 Å². The smallest absolute Gasteiger partial charge is 0.313 e. The molecule has 0 aliphatic rings. The van der Waals surface area contributed by atoms with E-state index in [0.29, 0.717) is 24.9 Å². The molecule has 0 bridgehead atoms. The Kier molecular flexibility index (Phi) is 5.64. The van der Waals surface area contributed by atoms with E-state index in [-0.39, 0.29) is 11.1 Å². The maximum atomic E-state index is 12.7. The second-order valence-electron chi connectivity index (χ2n) is 4.28. The van der Waals surface area contributed by atoms with Gasteiger partial charge < -0.3 is 5.32 Å². The van der Waals surface area contributed by atoms with E-state index in [1.807, 2.05) is 13.0 Å². The number of nitriles is 1. The first-order valence-corrected chi connectivity index (χ1v) is 6.18. The summed E-state index contributed by atoms with van der Waals surface area (Å²) in [4.78, 5) is 0. The average Bonchev–Trinajstić information content (AvgIpc) is 2.30. The second kappa shape index (κ2) is 6.78. The number of benzene rings is 1. The van der Waals surface area contributed by atoms with Gasteiger partial charge in [-0.1, -0.05) is 17.7 Å². The van der Waals surface area contributed by atoms with Crippen LogP contribution in [-0.4, -0.2) is 12.6 Å². The van der Waals surface area contributed by atoms with E-state index in [0.717, 1.165) is 6.07 Å². The van der Waals surface area contributed by atoms with Gasteiger partial charge in [-0.15, -0.1) is 0 Å². The van der Waals surface area contributed by atoms with Gasteiger partial charge in [0.25, 0.3) is 0 Å². The van der Waals surface area contributed by atoms with Gasteiger partial charge in [0.05, 0.1) is 16.7 Å². The molecule has 0 saturated carbocycles. The quantitative estimate of drug-likeness (QED) is 0.838. The zero-order valence-corrected chi connectivity index (χ0v) is 11.1. The molecule has 0 radical (unpaired) electrons. The first-order valence-electron chi connectivity index (χ1n) is 5.80. The van der Waals surface area contributed by atoms with Gasteiger partial charge in [0.15, 0.2) is 0 Å². The monoisotopic (exact) mass is 290 g/mol. The van der Waals surface area contributed by atoms with Crippen LogP contribution in [0.15, 0.2) is 18.2 Å². The van der Waals surface area contributed by atoms with Gasteiger partial charge in [-0.3, -0.25) is 0 Å². The van der Waals surface area contributed by atoms with Crippen molar-refractivity contribution in [1.29, 1.82) is 5.26 Å². The SMILES string of the molecule is CC(Cc1ccc(Cl)c(C(F)(F)F)c1)NCCC#N. The number of nitrogens with zero attached hydrogens (tertiary/aromatic N) is 1. The lowest BCUT2D eigenvalue weighted by Gasteiger charge is -2.15. The van der Waals surface area contributed by atoms with Gasteiger partial charge in [0, 0.05) is 19.0 Å². The average molecular weight is 291 g/mol. The summed E-state index contributed by atoms with van der Waals surface area (Å²) in [7, 11) is 0. The Hall–Kier alpha value is -1.25. The van der Waals surface area contributed by atoms with Crippen molar-refractivity contribution in [1.82, 2.24) is 5.32 Å². The van der Waals surface area contributed by atoms with Crippen LogP contribution in [0.1, 0.15) is 24.5 Å². The number of alkyl halides is 3. The molecule has 0 fully saturated rings. The van der Waals surface area contributed by atoms with Crippen molar-refractivity contribution in [2.24, 2.45) is 0 Å². The molecule has 19 heavy (non-hydrogen) atoms. The summed E-state index contributed by atoms with van der Waals surface area (Å²) in [5, 5.41) is 11.2. The van der Waals surface area contributed by atoms with Crippen LogP contribution < -0.4 is 5.32 Å². The molecule has 1 unspecified atom stereocenters. The summed E-state index contributed by atoms with van der Waals surface area (Å²) in [6.07, 6.45) is -3.62. The summed E-state index contributed by atoms with van der Waals surface area (Å²) in [5.74, 6) is 0. The molecule has 0 aliphatic carbocycles. The Morgan fingerprint density at radius 3 is 2.68 bits per heavy atom. The van der Waals surface area contributed by atoms with E-state index < -0.39 is 11.7 Å². The van der Waals surface area contributed by atoms with Crippen LogP contribution in [0.3, 0.4) is 0 Å². The highest BCUT2D eigenvalue weighted by atomic mass is 35.5. The molecule has 1 atom stereocenters. The minimum Gasteiger partial charge on any atom is -0.313 e. The summed E-state index contributed by atoms with van der Waals surface area (Å²) in [6, 6.07) is 5.91. The molecule has 0 aliphatic heterocycles. The molecule has 0 spiro atoms. The normalized spacial score (nSPS) is 13.1. The Bertz CT molecular complexity index is 466. The van der Waals surface area contributed by atoms with E-state index >= 15 is 0 Å². The van der Waals surface area contributed by atoms with Crippen LogP contribution in [0.25, 0.3) is 0 Å². The van der Waals surface area contributed by atoms with Crippen LogP contribution in [0.5, 0.6) is 0 Å². The highest BCUT2D eigenvalue weighted by Gasteiger charge is 2.33. The van der Waals surface area contributed by atoms with Crippen LogP contribution >= 0.6 is 11.6 Å². The van der Waals surface area contributed by atoms with E-state index in [1.54, 1.807) is 6.07 Å². The van der Waals surface area contributed by atoms with Gasteiger partial charge in [-0.05, 0) is 31.0 Å². The standard InChI is InChI=1S/C13H14ClF3N2/c1-9(19-6-2-5-18)7-10-3-4-12(14)11(8-10)13(15,16)17/h3-4,8-9,19H,2,6-7H2,1H3. The summed E-state index contributed by atoms with van der Waals surface area (Å²) >= 11 is 5.55. The van der Waals surface area contributed by atoms with Crippen LogP contribution in [-0.2, 0) is 12.6 Å². The molecule has 0 saturated heterocycles. The molecule has 0 aromatic heterocycles. The molecule has 0 heterocycles. The number of hydrogen-bond donors (Lipinski definition) is 1. The second-order valence-corrected chi connectivity index (χ2v) is 4.69. The Morgan fingerprint density at radius 1 is 1.42 bits per heavy atom. The highest BCUT2D eigenvalue weighted by molar-refractivity contribution is 6.31. The number of nitrogens with one attached hydrogen (secondary N) is 1. The molecule has 6 heteroatoms. The zero-order valence-electron chi connectivity index (χ0n) is 10.4. The molecule has 1 rings (SSSR count). The molecular formula is C13H14ClF3N2. The molecule has 1 N–H and O–H groups in total. The molecule has 1 aromatic rings. The first kappa shape index (κ1) is 15.8. The Labute approximate surface area is 115 Å². The largest absolute Gasteiger partial charge is 0.417 e. The maximum absolute atomic E-state index is 12.7. The maximum Gasteiger partial charge on any atom is 0.417 e. The predicted molar refractivity (Wildman–Crippen MR) is 67.9 cm³/mol. The van der Waals surface area contributed by atoms with Gasteiger partial charge in [-0.25, -0.2) is 0 Å². The molecule has 2 nitrogen and oxygen atoms in total. The molecule has 104 valence electrons. The third kappa shape index (κ3) is 5.09. The summed E-state index contributed by atoms with van der Waals surface area (Å²) in [5.41, 5.74) is -0.246. The van der Waals surface area contributed by atoms with Gasteiger partial charge in [-0.2, -0.15) is 18.4 Å². The lowest BCUT2D eigenvalue weighted by atomic mass is 10.0. The first-order chi connectivity index (χ1) is 8.84.